The molecule has 0 unspecified atom stereocenters. The molecular formula is C20H21N2O4+. The van der Waals surface area contributed by atoms with E-state index in [9.17, 15) is 14.4 Å². The molecule has 1 amide bonds. The van der Waals surface area contributed by atoms with Gasteiger partial charge < -0.3 is 14.2 Å². The maximum atomic E-state index is 13.1. The molecule has 1 aliphatic heterocycles. The Balaban J connectivity index is 1.74. The van der Waals surface area contributed by atoms with E-state index in [2.05, 4.69) is 6.92 Å². The third-order valence-electron chi connectivity index (χ3n) is 5.41. The van der Waals surface area contributed by atoms with Crippen LogP contribution in [0.25, 0.3) is 0 Å². The molecule has 0 bridgehead atoms. The van der Waals surface area contributed by atoms with E-state index in [1.165, 1.54) is 4.90 Å². The third kappa shape index (κ3) is 2.41. The van der Waals surface area contributed by atoms with Gasteiger partial charge in [-0.25, -0.2) is 0 Å². The minimum absolute atomic E-state index is 0.00707. The number of aryl methyl sites for hydroxylation is 1. The van der Waals surface area contributed by atoms with Crippen LogP contribution < -0.4 is 4.90 Å². The molecule has 1 aromatic carbocycles. The van der Waals surface area contributed by atoms with Gasteiger partial charge in [0.25, 0.3) is 5.91 Å². The maximum absolute atomic E-state index is 13.1. The number of carbonyl (C=O) groups excluding carboxylic acids is 3. The number of hydrogen-bond donors (Lipinski definition) is 1. The zero-order chi connectivity index (χ0) is 18.4. The van der Waals surface area contributed by atoms with Crippen LogP contribution in [0.3, 0.4) is 0 Å². The predicted molar refractivity (Wildman–Crippen MR) is 93.9 cm³/mol. The molecule has 1 saturated heterocycles. The number of rotatable bonds is 2. The monoisotopic (exact) mass is 353 g/mol. The molecule has 0 atom stereocenters. The predicted octanol–water partition coefficient (Wildman–Crippen LogP) is 0.724. The molecule has 6 heteroatoms. The minimum atomic E-state index is -0.336. The van der Waals surface area contributed by atoms with Crippen LogP contribution in [0.1, 0.15) is 55.1 Å². The van der Waals surface area contributed by atoms with E-state index < -0.39 is 0 Å². The summed E-state index contributed by atoms with van der Waals surface area (Å²) in [6.07, 6.45) is 0. The van der Waals surface area contributed by atoms with E-state index in [4.69, 9.17) is 4.42 Å². The number of likely N-dealkylation sites (N-methyl/N-ethyl adjacent to an activating group) is 1. The summed E-state index contributed by atoms with van der Waals surface area (Å²) in [6, 6.07) is 6.67. The first kappa shape index (κ1) is 16.7. The molecule has 6 nitrogen and oxygen atoms in total. The van der Waals surface area contributed by atoms with E-state index in [-0.39, 0.29) is 34.4 Å². The Labute approximate surface area is 151 Å². The van der Waals surface area contributed by atoms with Crippen molar-refractivity contribution in [2.75, 3.05) is 32.7 Å². The molecule has 1 aliphatic carbocycles. The van der Waals surface area contributed by atoms with Crippen molar-refractivity contribution in [2.45, 2.75) is 13.8 Å². The molecule has 2 aromatic rings. The number of carbonyl (C=O) groups is 3. The fourth-order valence-corrected chi connectivity index (χ4v) is 3.85. The Morgan fingerprint density at radius 1 is 1.12 bits per heavy atom. The lowest BCUT2D eigenvalue weighted by atomic mass is 9.86. The Kier molecular flexibility index (Phi) is 4.00. The van der Waals surface area contributed by atoms with Crippen molar-refractivity contribution in [3.05, 3.63) is 58.0 Å². The lowest BCUT2D eigenvalue weighted by Gasteiger charge is -2.31. The fourth-order valence-electron chi connectivity index (χ4n) is 3.85. The minimum Gasteiger partial charge on any atom is -0.456 e. The van der Waals surface area contributed by atoms with Gasteiger partial charge in [0, 0.05) is 11.1 Å². The van der Waals surface area contributed by atoms with Crippen LogP contribution >= 0.6 is 0 Å². The molecule has 1 N–H and O–H groups in total. The third-order valence-corrected chi connectivity index (χ3v) is 5.41. The maximum Gasteiger partial charge on any atom is 0.258 e. The largest absolute Gasteiger partial charge is 0.456 e. The second-order valence-electron chi connectivity index (χ2n) is 6.84. The van der Waals surface area contributed by atoms with Crippen LogP contribution in [0.15, 0.2) is 28.7 Å². The molecule has 0 radical (unpaired) electrons. The SMILES string of the molecule is CC[NH+]1CCN(C(=O)c2c(C)oc3c2C(=O)c2ccccc2C3=O)CC1. The molecule has 2 aliphatic rings. The zero-order valence-corrected chi connectivity index (χ0v) is 14.9. The van der Waals surface area contributed by atoms with Gasteiger partial charge in [0.2, 0.25) is 5.78 Å². The fraction of sp³-hybridized carbons (Fsp3) is 0.350. The van der Waals surface area contributed by atoms with Crippen molar-refractivity contribution in [1.82, 2.24) is 4.90 Å². The van der Waals surface area contributed by atoms with Crippen LogP contribution in [0.2, 0.25) is 0 Å². The van der Waals surface area contributed by atoms with Crippen molar-refractivity contribution in [1.29, 1.82) is 0 Å². The Morgan fingerprint density at radius 3 is 2.35 bits per heavy atom. The first-order chi connectivity index (χ1) is 12.5. The molecule has 2 heterocycles. The topological polar surface area (TPSA) is 72.0 Å². The molecule has 1 aromatic heterocycles. The number of fused-ring (bicyclic) bond motifs is 2. The van der Waals surface area contributed by atoms with Crippen molar-refractivity contribution < 1.29 is 23.7 Å². The van der Waals surface area contributed by atoms with Crippen molar-refractivity contribution in [3.63, 3.8) is 0 Å². The first-order valence-corrected chi connectivity index (χ1v) is 8.97. The Bertz CT molecular complexity index is 920. The van der Waals surface area contributed by atoms with Crippen LogP contribution in [-0.4, -0.2) is 55.1 Å². The highest BCUT2D eigenvalue weighted by atomic mass is 16.4. The second-order valence-corrected chi connectivity index (χ2v) is 6.84. The standard InChI is InChI=1S/C20H20N2O4/c1-3-21-8-10-22(11-9-21)20(25)15-12(2)26-19-16(15)17(23)13-6-4-5-7-14(13)18(19)24/h4-7H,3,8-11H2,1-2H3/p+1. The van der Waals surface area contributed by atoms with Gasteiger partial charge in [0.15, 0.2) is 11.5 Å². The Morgan fingerprint density at radius 2 is 1.73 bits per heavy atom. The van der Waals surface area contributed by atoms with Gasteiger partial charge in [-0.3, -0.25) is 14.4 Å². The van der Waals surface area contributed by atoms with Gasteiger partial charge in [-0.15, -0.1) is 0 Å². The average molecular weight is 353 g/mol. The van der Waals surface area contributed by atoms with Crippen molar-refractivity contribution in [2.24, 2.45) is 0 Å². The molecule has 26 heavy (non-hydrogen) atoms. The summed E-state index contributed by atoms with van der Waals surface area (Å²) in [4.78, 5) is 42.0. The number of ketones is 2. The average Bonchev–Trinajstić information content (AvgIpc) is 3.03. The summed E-state index contributed by atoms with van der Waals surface area (Å²) < 4.78 is 5.61. The molecule has 1 fully saturated rings. The number of piperazine rings is 1. The van der Waals surface area contributed by atoms with Crippen molar-refractivity contribution in [3.8, 4) is 0 Å². The van der Waals surface area contributed by atoms with Gasteiger partial charge in [-0.05, 0) is 13.8 Å². The summed E-state index contributed by atoms with van der Waals surface area (Å²) >= 11 is 0. The lowest BCUT2D eigenvalue weighted by molar-refractivity contribution is -0.902. The van der Waals surface area contributed by atoms with Gasteiger partial charge in [0.05, 0.1) is 43.9 Å². The molecular weight excluding hydrogens is 332 g/mol. The summed E-state index contributed by atoms with van der Waals surface area (Å²) in [5.41, 5.74) is 1.03. The summed E-state index contributed by atoms with van der Waals surface area (Å²) in [5.74, 6) is -0.541. The normalized spacial score (nSPS) is 17.2. The van der Waals surface area contributed by atoms with Crippen LogP contribution in [-0.2, 0) is 0 Å². The number of nitrogens with zero attached hydrogens (tertiary/aromatic N) is 1. The number of hydrogen-bond acceptors (Lipinski definition) is 4. The Hall–Kier alpha value is -2.73. The van der Waals surface area contributed by atoms with Gasteiger partial charge in [-0.1, -0.05) is 24.3 Å². The highest BCUT2D eigenvalue weighted by Gasteiger charge is 2.39. The summed E-state index contributed by atoms with van der Waals surface area (Å²) in [6.45, 7) is 7.86. The van der Waals surface area contributed by atoms with E-state index in [1.54, 1.807) is 36.1 Å². The number of quaternary nitrogens is 1. The summed E-state index contributed by atoms with van der Waals surface area (Å²) in [7, 11) is 0. The molecule has 0 spiro atoms. The quantitative estimate of drug-likeness (QED) is 0.737. The van der Waals surface area contributed by atoms with Gasteiger partial charge >= 0.3 is 0 Å². The van der Waals surface area contributed by atoms with Crippen LogP contribution in [0, 0.1) is 6.92 Å². The lowest BCUT2D eigenvalue weighted by Crippen LogP contribution is -3.14. The van der Waals surface area contributed by atoms with Gasteiger partial charge in [0.1, 0.15) is 5.76 Å². The number of benzene rings is 1. The van der Waals surface area contributed by atoms with Crippen LogP contribution in [0.4, 0.5) is 0 Å². The first-order valence-electron chi connectivity index (χ1n) is 8.97. The number of nitrogens with one attached hydrogen (secondary N) is 1. The molecule has 134 valence electrons. The van der Waals surface area contributed by atoms with E-state index in [0.717, 1.165) is 19.6 Å². The van der Waals surface area contributed by atoms with Gasteiger partial charge in [-0.2, -0.15) is 0 Å². The van der Waals surface area contributed by atoms with E-state index in [1.807, 2.05) is 0 Å². The molecule has 4 rings (SSSR count). The molecule has 0 saturated carbocycles. The van der Waals surface area contributed by atoms with Crippen LogP contribution in [0.5, 0.6) is 0 Å². The smallest absolute Gasteiger partial charge is 0.258 e. The highest BCUT2D eigenvalue weighted by molar-refractivity contribution is 6.30. The zero-order valence-electron chi connectivity index (χ0n) is 14.9. The van der Waals surface area contributed by atoms with E-state index in [0.29, 0.717) is 30.0 Å². The van der Waals surface area contributed by atoms with E-state index >= 15 is 0 Å². The number of furan rings is 1. The number of amides is 1. The summed E-state index contributed by atoms with van der Waals surface area (Å²) in [5, 5.41) is 0. The highest BCUT2D eigenvalue weighted by Crippen LogP contribution is 2.33. The van der Waals surface area contributed by atoms with Crippen molar-refractivity contribution >= 4 is 17.5 Å². The second kappa shape index (κ2) is 6.21.